The zero-order chi connectivity index (χ0) is 12.3. The van der Waals surface area contributed by atoms with Crippen molar-refractivity contribution in [1.82, 2.24) is 9.21 Å². The van der Waals surface area contributed by atoms with Crippen LogP contribution >= 0.6 is 11.9 Å². The van der Waals surface area contributed by atoms with Crippen LogP contribution in [0.4, 0.5) is 0 Å². The summed E-state index contributed by atoms with van der Waals surface area (Å²) < 4.78 is 7.77. The molecule has 17 heavy (non-hydrogen) atoms. The second kappa shape index (κ2) is 5.76. The summed E-state index contributed by atoms with van der Waals surface area (Å²) in [6, 6.07) is 6.41. The van der Waals surface area contributed by atoms with E-state index in [2.05, 4.69) is 41.4 Å². The number of benzene rings is 1. The average Bonchev–Trinajstić information content (AvgIpc) is 2.34. The zero-order valence-corrected chi connectivity index (χ0v) is 11.6. The molecule has 1 heterocycles. The molecule has 1 saturated heterocycles. The number of aryl methyl sites for hydroxylation is 1. The molecular formula is C13H20N2OS. The lowest BCUT2D eigenvalue weighted by Crippen LogP contribution is -2.40. The number of hydrogen-bond acceptors (Lipinski definition) is 4. The van der Waals surface area contributed by atoms with Crippen molar-refractivity contribution in [2.75, 3.05) is 40.3 Å². The van der Waals surface area contributed by atoms with Crippen LogP contribution in [0, 0.1) is 6.92 Å². The first-order chi connectivity index (χ1) is 8.19. The molecule has 1 fully saturated rings. The summed E-state index contributed by atoms with van der Waals surface area (Å²) in [6.07, 6.45) is 0. The van der Waals surface area contributed by atoms with Crippen molar-refractivity contribution in [3.05, 3.63) is 23.8 Å². The maximum Gasteiger partial charge on any atom is 0.122 e. The van der Waals surface area contributed by atoms with E-state index in [1.165, 1.54) is 10.5 Å². The number of ether oxygens (including phenoxy) is 1. The molecule has 0 unspecified atom stereocenters. The summed E-state index contributed by atoms with van der Waals surface area (Å²) >= 11 is 1.83. The van der Waals surface area contributed by atoms with Crippen molar-refractivity contribution < 1.29 is 4.74 Å². The quantitative estimate of drug-likeness (QED) is 0.766. The van der Waals surface area contributed by atoms with Gasteiger partial charge in [0.05, 0.1) is 7.11 Å². The lowest BCUT2D eigenvalue weighted by molar-refractivity contribution is 0.233. The first-order valence-corrected chi connectivity index (χ1v) is 6.72. The van der Waals surface area contributed by atoms with Gasteiger partial charge in [-0.3, -0.25) is 0 Å². The van der Waals surface area contributed by atoms with Gasteiger partial charge in [-0.25, -0.2) is 4.31 Å². The van der Waals surface area contributed by atoms with Gasteiger partial charge in [0.1, 0.15) is 5.75 Å². The van der Waals surface area contributed by atoms with Crippen LogP contribution < -0.4 is 4.74 Å². The SMILES string of the molecule is COc1cc(SN2CCN(C)CC2)ccc1C. The first-order valence-electron chi connectivity index (χ1n) is 5.95. The van der Waals surface area contributed by atoms with Crippen molar-refractivity contribution in [3.8, 4) is 5.75 Å². The second-order valence-corrected chi connectivity index (χ2v) is 5.63. The van der Waals surface area contributed by atoms with Crippen LogP contribution in [0.3, 0.4) is 0 Å². The fraction of sp³-hybridized carbons (Fsp3) is 0.538. The third-order valence-electron chi connectivity index (χ3n) is 3.08. The van der Waals surface area contributed by atoms with E-state index in [9.17, 15) is 0 Å². The second-order valence-electron chi connectivity index (χ2n) is 4.46. The minimum absolute atomic E-state index is 0.976. The summed E-state index contributed by atoms with van der Waals surface area (Å²) in [5.41, 5.74) is 1.19. The third-order valence-corrected chi connectivity index (χ3v) is 4.16. The fourth-order valence-electron chi connectivity index (χ4n) is 1.89. The molecule has 94 valence electrons. The van der Waals surface area contributed by atoms with E-state index >= 15 is 0 Å². The molecule has 0 N–H and O–H groups in total. The Morgan fingerprint density at radius 3 is 2.53 bits per heavy atom. The van der Waals surface area contributed by atoms with Crippen LogP contribution in [0.5, 0.6) is 5.75 Å². The van der Waals surface area contributed by atoms with Crippen LogP contribution in [0.25, 0.3) is 0 Å². The van der Waals surface area contributed by atoms with Crippen molar-refractivity contribution in [3.63, 3.8) is 0 Å². The Kier molecular flexibility index (Phi) is 4.31. The molecule has 0 radical (unpaired) electrons. The standard InChI is InChI=1S/C13H20N2OS/c1-11-4-5-12(10-13(11)16-3)17-15-8-6-14(2)7-9-15/h4-5,10H,6-9H2,1-3H3. The van der Waals surface area contributed by atoms with E-state index in [-0.39, 0.29) is 0 Å². The Morgan fingerprint density at radius 1 is 1.18 bits per heavy atom. The molecule has 1 aliphatic rings. The highest BCUT2D eigenvalue weighted by Crippen LogP contribution is 2.28. The number of methoxy groups -OCH3 is 1. The third kappa shape index (κ3) is 3.37. The van der Waals surface area contributed by atoms with E-state index in [1.807, 2.05) is 11.9 Å². The normalized spacial score (nSPS) is 18.3. The van der Waals surface area contributed by atoms with Gasteiger partial charge < -0.3 is 9.64 Å². The van der Waals surface area contributed by atoms with Crippen molar-refractivity contribution >= 4 is 11.9 Å². The van der Waals surface area contributed by atoms with Gasteiger partial charge >= 0.3 is 0 Å². The molecule has 1 aliphatic heterocycles. The van der Waals surface area contributed by atoms with Gasteiger partial charge in [0.15, 0.2) is 0 Å². The summed E-state index contributed by atoms with van der Waals surface area (Å²) in [4.78, 5) is 3.63. The van der Waals surface area contributed by atoms with Crippen LogP contribution in [0.15, 0.2) is 23.1 Å². The maximum absolute atomic E-state index is 5.35. The Morgan fingerprint density at radius 2 is 1.88 bits per heavy atom. The molecule has 0 aromatic heterocycles. The van der Waals surface area contributed by atoms with Gasteiger partial charge in [-0.1, -0.05) is 6.07 Å². The van der Waals surface area contributed by atoms with E-state index in [0.29, 0.717) is 0 Å². The molecular weight excluding hydrogens is 232 g/mol. The molecule has 0 atom stereocenters. The predicted octanol–water partition coefficient (Wildman–Crippen LogP) is 2.26. The maximum atomic E-state index is 5.35. The number of piperazine rings is 1. The molecule has 2 rings (SSSR count). The molecule has 0 saturated carbocycles. The molecule has 0 bridgehead atoms. The molecule has 0 amide bonds. The summed E-state index contributed by atoms with van der Waals surface area (Å²) in [6.45, 7) is 6.61. The van der Waals surface area contributed by atoms with E-state index in [1.54, 1.807) is 7.11 Å². The van der Waals surface area contributed by atoms with Gasteiger partial charge in [-0.05, 0) is 43.6 Å². The Balaban J connectivity index is 1.99. The van der Waals surface area contributed by atoms with Crippen molar-refractivity contribution in [2.45, 2.75) is 11.8 Å². The number of likely N-dealkylation sites (N-methyl/N-ethyl adjacent to an activating group) is 1. The predicted molar refractivity (Wildman–Crippen MR) is 72.7 cm³/mol. The summed E-state index contributed by atoms with van der Waals surface area (Å²) in [7, 11) is 3.91. The molecule has 4 heteroatoms. The van der Waals surface area contributed by atoms with Crippen LogP contribution in [0.1, 0.15) is 5.56 Å². The van der Waals surface area contributed by atoms with Gasteiger partial charge in [-0.15, -0.1) is 0 Å². The van der Waals surface area contributed by atoms with Gasteiger partial charge in [0.25, 0.3) is 0 Å². The minimum atomic E-state index is 0.976. The Labute approximate surface area is 108 Å². The van der Waals surface area contributed by atoms with E-state index < -0.39 is 0 Å². The minimum Gasteiger partial charge on any atom is -0.496 e. The van der Waals surface area contributed by atoms with E-state index in [0.717, 1.165) is 31.9 Å². The van der Waals surface area contributed by atoms with Crippen LogP contribution in [0.2, 0.25) is 0 Å². The van der Waals surface area contributed by atoms with Crippen molar-refractivity contribution in [2.24, 2.45) is 0 Å². The first kappa shape index (κ1) is 12.7. The molecule has 3 nitrogen and oxygen atoms in total. The molecule has 0 aliphatic carbocycles. The highest BCUT2D eigenvalue weighted by Gasteiger charge is 2.15. The zero-order valence-electron chi connectivity index (χ0n) is 10.8. The largest absolute Gasteiger partial charge is 0.496 e. The number of nitrogens with zero attached hydrogens (tertiary/aromatic N) is 2. The monoisotopic (exact) mass is 252 g/mol. The summed E-state index contributed by atoms with van der Waals surface area (Å²) in [5.74, 6) is 0.976. The summed E-state index contributed by atoms with van der Waals surface area (Å²) in [5, 5.41) is 0. The van der Waals surface area contributed by atoms with Gasteiger partial charge in [-0.2, -0.15) is 0 Å². The smallest absolute Gasteiger partial charge is 0.122 e. The topological polar surface area (TPSA) is 15.7 Å². The lowest BCUT2D eigenvalue weighted by atomic mass is 10.2. The molecule has 1 aromatic rings. The Bertz CT molecular complexity index is 376. The van der Waals surface area contributed by atoms with Crippen molar-refractivity contribution in [1.29, 1.82) is 0 Å². The highest BCUT2D eigenvalue weighted by molar-refractivity contribution is 7.97. The lowest BCUT2D eigenvalue weighted by Gasteiger charge is -2.31. The number of hydrogen-bond donors (Lipinski definition) is 0. The average molecular weight is 252 g/mol. The Hall–Kier alpha value is -0.710. The van der Waals surface area contributed by atoms with Gasteiger partial charge in [0, 0.05) is 31.1 Å². The highest BCUT2D eigenvalue weighted by atomic mass is 32.2. The van der Waals surface area contributed by atoms with Crippen LogP contribution in [-0.2, 0) is 0 Å². The molecule has 1 aromatic carbocycles. The number of rotatable bonds is 3. The van der Waals surface area contributed by atoms with E-state index in [4.69, 9.17) is 4.74 Å². The fourth-order valence-corrected chi connectivity index (χ4v) is 2.82. The van der Waals surface area contributed by atoms with Crippen LogP contribution in [-0.4, -0.2) is 49.5 Å². The molecule has 0 spiro atoms. The van der Waals surface area contributed by atoms with Gasteiger partial charge in [0.2, 0.25) is 0 Å².